The summed E-state index contributed by atoms with van der Waals surface area (Å²) in [6.45, 7) is 0.399. The molecule has 0 saturated heterocycles. The molecule has 5 N–H and O–H groups in total. The maximum atomic E-state index is 11.0. The van der Waals surface area contributed by atoms with E-state index in [1.54, 1.807) is 17.0 Å². The molecule has 0 aliphatic heterocycles. The Morgan fingerprint density at radius 1 is 1.50 bits per heavy atom. The van der Waals surface area contributed by atoms with Crippen LogP contribution in [0.1, 0.15) is 16.3 Å². The van der Waals surface area contributed by atoms with Gasteiger partial charge in [-0.25, -0.2) is 4.98 Å². The highest BCUT2D eigenvalue weighted by Gasteiger charge is 2.08. The second-order valence-electron chi connectivity index (χ2n) is 3.71. The highest BCUT2D eigenvalue weighted by molar-refractivity contribution is 5.91. The Balaban J connectivity index is 2.16. The quantitative estimate of drug-likeness (QED) is 0.669. The van der Waals surface area contributed by atoms with Gasteiger partial charge in [-0.15, -0.1) is 10.2 Å². The van der Waals surface area contributed by atoms with Crippen molar-refractivity contribution in [2.45, 2.75) is 6.54 Å². The molecule has 0 saturated carbocycles. The third-order valence-corrected chi connectivity index (χ3v) is 2.40. The molecule has 0 spiro atoms. The molecule has 8 heteroatoms. The van der Waals surface area contributed by atoms with E-state index in [0.29, 0.717) is 18.1 Å². The number of hydrogen-bond donors (Lipinski definition) is 3. The number of aryl methyl sites for hydroxylation is 1. The average molecular weight is 247 g/mol. The monoisotopic (exact) mass is 247 g/mol. The molecule has 0 aliphatic rings. The second kappa shape index (κ2) is 4.70. The zero-order chi connectivity index (χ0) is 13.1. The minimum Gasteiger partial charge on any atom is -0.396 e. The van der Waals surface area contributed by atoms with E-state index in [1.165, 1.54) is 6.07 Å². The second-order valence-corrected chi connectivity index (χ2v) is 3.71. The van der Waals surface area contributed by atoms with E-state index in [0.717, 1.165) is 5.82 Å². The topological polar surface area (TPSA) is 125 Å². The number of nitrogens with zero attached hydrogens (tertiary/aromatic N) is 4. The molecule has 0 aromatic carbocycles. The van der Waals surface area contributed by atoms with Crippen molar-refractivity contribution in [1.82, 2.24) is 19.7 Å². The van der Waals surface area contributed by atoms with Crippen LogP contribution in [-0.4, -0.2) is 25.7 Å². The van der Waals surface area contributed by atoms with Gasteiger partial charge in [-0.2, -0.15) is 0 Å². The van der Waals surface area contributed by atoms with Gasteiger partial charge in [0.25, 0.3) is 5.91 Å². The standard InChI is InChI=1S/C10H13N7O/c1-17-5-14-16-8(17)4-13-10-6(11)2-3-7(15-10)9(12)18/h2-3,5H,4,11H2,1H3,(H2,12,18)(H,13,15). The number of carbonyl (C=O) groups is 1. The maximum absolute atomic E-state index is 11.0. The summed E-state index contributed by atoms with van der Waals surface area (Å²) < 4.78 is 1.77. The summed E-state index contributed by atoms with van der Waals surface area (Å²) in [5.41, 5.74) is 11.5. The zero-order valence-corrected chi connectivity index (χ0v) is 9.79. The van der Waals surface area contributed by atoms with Crippen molar-refractivity contribution in [2.24, 2.45) is 12.8 Å². The van der Waals surface area contributed by atoms with Crippen molar-refractivity contribution >= 4 is 17.4 Å². The lowest BCUT2D eigenvalue weighted by molar-refractivity contribution is 0.0996. The van der Waals surface area contributed by atoms with Crippen LogP contribution in [0.25, 0.3) is 0 Å². The first kappa shape index (κ1) is 11.8. The summed E-state index contributed by atoms with van der Waals surface area (Å²) in [6.07, 6.45) is 1.59. The number of nitrogens with two attached hydrogens (primary N) is 2. The fourth-order valence-electron chi connectivity index (χ4n) is 1.38. The molecular weight excluding hydrogens is 234 g/mol. The fraction of sp³-hybridized carbons (Fsp3) is 0.200. The summed E-state index contributed by atoms with van der Waals surface area (Å²) >= 11 is 0. The van der Waals surface area contributed by atoms with Crippen LogP contribution < -0.4 is 16.8 Å². The Labute approximate surface area is 103 Å². The summed E-state index contributed by atoms with van der Waals surface area (Å²) in [7, 11) is 1.83. The van der Waals surface area contributed by atoms with Crippen LogP contribution in [0.15, 0.2) is 18.5 Å². The predicted octanol–water partition coefficient (Wildman–Crippen LogP) is -0.497. The number of carbonyl (C=O) groups excluding carboxylic acids is 1. The largest absolute Gasteiger partial charge is 0.396 e. The van der Waals surface area contributed by atoms with E-state index in [4.69, 9.17) is 11.5 Å². The van der Waals surface area contributed by atoms with Crippen LogP contribution in [0.4, 0.5) is 11.5 Å². The minimum absolute atomic E-state index is 0.157. The van der Waals surface area contributed by atoms with Gasteiger partial charge >= 0.3 is 0 Å². The number of pyridine rings is 1. The van der Waals surface area contributed by atoms with Gasteiger partial charge in [0, 0.05) is 7.05 Å². The van der Waals surface area contributed by atoms with Gasteiger partial charge in [-0.1, -0.05) is 0 Å². The van der Waals surface area contributed by atoms with E-state index in [9.17, 15) is 4.79 Å². The molecule has 2 heterocycles. The Bertz CT molecular complexity index is 577. The average Bonchev–Trinajstić information content (AvgIpc) is 2.73. The molecule has 0 fully saturated rings. The van der Waals surface area contributed by atoms with Crippen LogP contribution in [-0.2, 0) is 13.6 Å². The van der Waals surface area contributed by atoms with E-state index in [2.05, 4.69) is 20.5 Å². The molecule has 0 atom stereocenters. The van der Waals surface area contributed by atoms with Gasteiger partial charge < -0.3 is 21.4 Å². The molecule has 2 aromatic rings. The molecule has 94 valence electrons. The van der Waals surface area contributed by atoms with E-state index < -0.39 is 5.91 Å². The fourth-order valence-corrected chi connectivity index (χ4v) is 1.38. The Hall–Kier alpha value is -2.64. The van der Waals surface area contributed by atoms with Gasteiger partial charge in [-0.3, -0.25) is 4.79 Å². The number of primary amides is 1. The molecule has 0 bridgehead atoms. The van der Waals surface area contributed by atoms with E-state index >= 15 is 0 Å². The van der Waals surface area contributed by atoms with Crippen molar-refractivity contribution < 1.29 is 4.79 Å². The van der Waals surface area contributed by atoms with Crippen LogP contribution in [0.2, 0.25) is 0 Å². The Morgan fingerprint density at radius 2 is 2.28 bits per heavy atom. The van der Waals surface area contributed by atoms with Crippen molar-refractivity contribution in [2.75, 3.05) is 11.1 Å². The summed E-state index contributed by atoms with van der Waals surface area (Å²) in [5.74, 6) is 0.520. The normalized spacial score (nSPS) is 10.3. The third-order valence-electron chi connectivity index (χ3n) is 2.40. The van der Waals surface area contributed by atoms with Gasteiger partial charge in [-0.05, 0) is 12.1 Å². The molecular formula is C10H13N7O. The number of nitrogens with one attached hydrogen (secondary N) is 1. The number of amides is 1. The van der Waals surface area contributed by atoms with Crippen LogP contribution in [0.5, 0.6) is 0 Å². The Kier molecular flexibility index (Phi) is 3.09. The smallest absolute Gasteiger partial charge is 0.267 e. The van der Waals surface area contributed by atoms with E-state index in [1.807, 2.05) is 7.05 Å². The van der Waals surface area contributed by atoms with Crippen molar-refractivity contribution in [1.29, 1.82) is 0 Å². The number of nitrogen functional groups attached to an aromatic ring is 1. The van der Waals surface area contributed by atoms with Gasteiger partial charge in [0.05, 0.1) is 12.2 Å². The van der Waals surface area contributed by atoms with Crippen molar-refractivity contribution in [3.8, 4) is 0 Å². The van der Waals surface area contributed by atoms with Crippen LogP contribution >= 0.6 is 0 Å². The Morgan fingerprint density at radius 3 is 2.89 bits per heavy atom. The molecule has 8 nitrogen and oxygen atoms in total. The van der Waals surface area contributed by atoms with Crippen LogP contribution in [0.3, 0.4) is 0 Å². The van der Waals surface area contributed by atoms with Crippen molar-refractivity contribution in [3.05, 3.63) is 30.0 Å². The first-order valence-corrected chi connectivity index (χ1v) is 5.21. The van der Waals surface area contributed by atoms with Crippen LogP contribution in [0, 0.1) is 0 Å². The summed E-state index contributed by atoms with van der Waals surface area (Å²) in [5, 5.41) is 10.6. The molecule has 18 heavy (non-hydrogen) atoms. The first-order valence-electron chi connectivity index (χ1n) is 5.21. The molecule has 0 unspecified atom stereocenters. The first-order chi connectivity index (χ1) is 8.58. The number of anilines is 2. The molecule has 1 amide bonds. The summed E-state index contributed by atoms with van der Waals surface area (Å²) in [6, 6.07) is 3.05. The highest BCUT2D eigenvalue weighted by atomic mass is 16.1. The molecule has 2 aromatic heterocycles. The van der Waals surface area contributed by atoms with Crippen molar-refractivity contribution in [3.63, 3.8) is 0 Å². The molecule has 0 radical (unpaired) electrons. The van der Waals surface area contributed by atoms with Gasteiger partial charge in [0.2, 0.25) is 0 Å². The molecule has 2 rings (SSSR count). The van der Waals surface area contributed by atoms with Gasteiger partial charge in [0.1, 0.15) is 12.0 Å². The summed E-state index contributed by atoms with van der Waals surface area (Å²) in [4.78, 5) is 15.0. The maximum Gasteiger partial charge on any atom is 0.267 e. The lowest BCUT2D eigenvalue weighted by Crippen LogP contribution is -2.15. The SMILES string of the molecule is Cn1cnnc1CNc1nc(C(N)=O)ccc1N. The zero-order valence-electron chi connectivity index (χ0n) is 9.79. The predicted molar refractivity (Wildman–Crippen MR) is 65.5 cm³/mol. The minimum atomic E-state index is -0.600. The third kappa shape index (κ3) is 2.37. The lowest BCUT2D eigenvalue weighted by atomic mass is 10.3. The number of rotatable bonds is 4. The number of aromatic nitrogens is 4. The lowest BCUT2D eigenvalue weighted by Gasteiger charge is -2.08. The van der Waals surface area contributed by atoms with Gasteiger partial charge in [0.15, 0.2) is 11.6 Å². The number of hydrogen-bond acceptors (Lipinski definition) is 6. The van der Waals surface area contributed by atoms with E-state index in [-0.39, 0.29) is 5.69 Å². The molecule has 0 aliphatic carbocycles. The highest BCUT2D eigenvalue weighted by Crippen LogP contribution is 2.16.